The third-order valence-corrected chi connectivity index (χ3v) is 3.00. The number of rotatable bonds is 3. The van der Waals surface area contributed by atoms with Gasteiger partial charge < -0.3 is 10.3 Å². The number of anilines is 1. The molecule has 3 rings (SSSR count). The van der Waals surface area contributed by atoms with E-state index >= 15 is 0 Å². The van der Waals surface area contributed by atoms with Gasteiger partial charge in [0, 0.05) is 30.2 Å². The predicted octanol–water partition coefficient (Wildman–Crippen LogP) is 2.87. The molecule has 0 fully saturated rings. The summed E-state index contributed by atoms with van der Waals surface area (Å²) in [5.41, 5.74) is 9.45. The molecule has 94 valence electrons. The molecule has 0 bridgehead atoms. The molecule has 0 amide bonds. The molecule has 0 radical (unpaired) electrons. The molecule has 2 N–H and O–H groups in total. The normalized spacial score (nSPS) is 10.7. The number of nitrogens with zero attached hydrogens (tertiary/aromatic N) is 3. The van der Waals surface area contributed by atoms with Crippen LogP contribution in [0.1, 0.15) is 0 Å². The highest BCUT2D eigenvalue weighted by atomic mass is 15.1. The van der Waals surface area contributed by atoms with Crippen LogP contribution in [0.25, 0.3) is 22.4 Å². The second-order valence-corrected chi connectivity index (χ2v) is 4.32. The highest BCUT2D eigenvalue weighted by molar-refractivity contribution is 5.83. The average Bonchev–Trinajstić information content (AvgIpc) is 2.78. The van der Waals surface area contributed by atoms with Crippen LogP contribution in [0.2, 0.25) is 0 Å². The van der Waals surface area contributed by atoms with E-state index in [1.807, 2.05) is 42.6 Å². The lowest BCUT2D eigenvalue weighted by Gasteiger charge is -2.05. The number of aromatic nitrogens is 3. The summed E-state index contributed by atoms with van der Waals surface area (Å²) in [7, 11) is 0. The maximum atomic E-state index is 5.81. The molecule has 0 aliphatic carbocycles. The maximum Gasteiger partial charge on any atom is 0.142 e. The highest BCUT2D eigenvalue weighted by Gasteiger charge is 2.11. The van der Waals surface area contributed by atoms with Gasteiger partial charge in [-0.3, -0.25) is 4.98 Å². The summed E-state index contributed by atoms with van der Waals surface area (Å²) in [5.74, 6) is 0.883. The molecule has 0 spiro atoms. The van der Waals surface area contributed by atoms with Gasteiger partial charge in [-0.15, -0.1) is 6.58 Å². The van der Waals surface area contributed by atoms with Crippen LogP contribution in [0.3, 0.4) is 0 Å². The van der Waals surface area contributed by atoms with Crippen molar-refractivity contribution in [1.29, 1.82) is 0 Å². The van der Waals surface area contributed by atoms with Crippen molar-refractivity contribution in [2.24, 2.45) is 0 Å². The largest absolute Gasteiger partial charge is 0.399 e. The Labute approximate surface area is 111 Å². The van der Waals surface area contributed by atoms with Crippen LogP contribution in [0, 0.1) is 0 Å². The average molecular weight is 250 g/mol. The number of nitrogens with two attached hydrogens (primary N) is 1. The first-order valence-electron chi connectivity index (χ1n) is 6.06. The minimum atomic E-state index is 0.699. The van der Waals surface area contributed by atoms with E-state index in [9.17, 15) is 0 Å². The summed E-state index contributed by atoms with van der Waals surface area (Å²) in [6.45, 7) is 4.50. The van der Waals surface area contributed by atoms with Gasteiger partial charge in [-0.05, 0) is 30.3 Å². The van der Waals surface area contributed by atoms with Crippen LogP contribution in [-0.2, 0) is 6.54 Å². The van der Waals surface area contributed by atoms with Crippen LogP contribution in [-0.4, -0.2) is 14.5 Å². The molecule has 0 atom stereocenters. The van der Waals surface area contributed by atoms with Crippen LogP contribution in [0.5, 0.6) is 0 Å². The number of imidazole rings is 1. The van der Waals surface area contributed by atoms with Crippen LogP contribution < -0.4 is 5.73 Å². The molecule has 0 saturated heterocycles. The molecule has 3 aromatic rings. The van der Waals surface area contributed by atoms with E-state index in [0.29, 0.717) is 12.2 Å². The first-order chi connectivity index (χ1) is 9.29. The molecule has 0 unspecified atom stereocenters. The van der Waals surface area contributed by atoms with E-state index in [2.05, 4.69) is 21.1 Å². The minimum absolute atomic E-state index is 0.699. The van der Waals surface area contributed by atoms with Gasteiger partial charge >= 0.3 is 0 Å². The Bertz CT molecular complexity index is 728. The van der Waals surface area contributed by atoms with Crippen molar-refractivity contribution in [1.82, 2.24) is 14.5 Å². The van der Waals surface area contributed by atoms with Gasteiger partial charge in [-0.25, -0.2) is 4.98 Å². The van der Waals surface area contributed by atoms with Gasteiger partial charge in [0.15, 0.2) is 0 Å². The Morgan fingerprint density at radius 1 is 1.32 bits per heavy atom. The Morgan fingerprint density at radius 3 is 2.95 bits per heavy atom. The molecular weight excluding hydrogens is 236 g/mol. The summed E-state index contributed by atoms with van der Waals surface area (Å²) < 4.78 is 2.11. The Kier molecular flexibility index (Phi) is 2.76. The van der Waals surface area contributed by atoms with Crippen molar-refractivity contribution < 1.29 is 0 Å². The van der Waals surface area contributed by atoms with Crippen molar-refractivity contribution >= 4 is 16.7 Å². The van der Waals surface area contributed by atoms with E-state index < -0.39 is 0 Å². The van der Waals surface area contributed by atoms with Crippen LogP contribution in [0.4, 0.5) is 5.69 Å². The fourth-order valence-electron chi connectivity index (χ4n) is 2.18. The van der Waals surface area contributed by atoms with E-state index in [1.54, 1.807) is 6.20 Å². The lowest BCUT2D eigenvalue weighted by molar-refractivity contribution is 0.861. The third kappa shape index (κ3) is 1.97. The van der Waals surface area contributed by atoms with Gasteiger partial charge in [0.25, 0.3) is 0 Å². The van der Waals surface area contributed by atoms with Gasteiger partial charge in [0.1, 0.15) is 5.82 Å². The summed E-state index contributed by atoms with van der Waals surface area (Å²) >= 11 is 0. The number of benzene rings is 1. The van der Waals surface area contributed by atoms with Gasteiger partial charge in [0.2, 0.25) is 0 Å². The number of fused-ring (bicyclic) bond motifs is 1. The SMILES string of the molecule is C=CCn1c(-c2cccnc2)nc2cc(N)ccc21. The molecule has 0 saturated carbocycles. The fraction of sp³-hybridized carbons (Fsp3) is 0.0667. The summed E-state index contributed by atoms with van der Waals surface area (Å²) in [6.07, 6.45) is 5.42. The van der Waals surface area contributed by atoms with E-state index in [4.69, 9.17) is 5.73 Å². The first-order valence-corrected chi connectivity index (χ1v) is 6.06. The topological polar surface area (TPSA) is 56.7 Å². The zero-order valence-corrected chi connectivity index (χ0v) is 10.5. The van der Waals surface area contributed by atoms with Crippen LogP contribution >= 0.6 is 0 Å². The van der Waals surface area contributed by atoms with Crippen molar-refractivity contribution in [2.75, 3.05) is 5.73 Å². The van der Waals surface area contributed by atoms with E-state index in [0.717, 1.165) is 22.4 Å². The molecule has 0 aliphatic heterocycles. The lowest BCUT2D eigenvalue weighted by atomic mass is 10.2. The zero-order chi connectivity index (χ0) is 13.2. The van der Waals surface area contributed by atoms with Crippen molar-refractivity contribution in [2.45, 2.75) is 6.54 Å². The molecule has 2 aromatic heterocycles. The van der Waals surface area contributed by atoms with Gasteiger partial charge in [-0.1, -0.05) is 6.08 Å². The molecule has 4 nitrogen and oxygen atoms in total. The number of hydrogen-bond acceptors (Lipinski definition) is 3. The number of nitrogen functional groups attached to an aromatic ring is 1. The Balaban J connectivity index is 2.28. The monoisotopic (exact) mass is 250 g/mol. The third-order valence-electron chi connectivity index (χ3n) is 3.00. The standard InChI is InChI=1S/C15H14N4/c1-2-8-19-14-6-5-12(16)9-13(14)18-15(19)11-4-3-7-17-10-11/h2-7,9-10H,1,8,16H2. The highest BCUT2D eigenvalue weighted by Crippen LogP contribution is 2.25. The summed E-state index contributed by atoms with van der Waals surface area (Å²) in [5, 5.41) is 0. The summed E-state index contributed by atoms with van der Waals surface area (Å²) in [6, 6.07) is 9.66. The molecule has 4 heteroatoms. The number of allylic oxidation sites excluding steroid dienone is 1. The fourth-order valence-corrected chi connectivity index (χ4v) is 2.18. The molecule has 1 aromatic carbocycles. The van der Waals surface area contributed by atoms with Crippen LogP contribution in [0.15, 0.2) is 55.4 Å². The molecule has 19 heavy (non-hydrogen) atoms. The maximum absolute atomic E-state index is 5.81. The van der Waals surface area contributed by atoms with Gasteiger partial charge in [0.05, 0.1) is 11.0 Å². The summed E-state index contributed by atoms with van der Waals surface area (Å²) in [4.78, 5) is 8.80. The van der Waals surface area contributed by atoms with Crippen molar-refractivity contribution in [3.63, 3.8) is 0 Å². The second-order valence-electron chi connectivity index (χ2n) is 4.32. The van der Waals surface area contributed by atoms with Crippen molar-refractivity contribution in [3.05, 3.63) is 55.4 Å². The quantitative estimate of drug-likeness (QED) is 0.574. The zero-order valence-electron chi connectivity index (χ0n) is 10.5. The van der Waals surface area contributed by atoms with Crippen molar-refractivity contribution in [3.8, 4) is 11.4 Å². The first kappa shape index (κ1) is 11.5. The lowest BCUT2D eigenvalue weighted by Crippen LogP contribution is -1.98. The van der Waals surface area contributed by atoms with Gasteiger partial charge in [-0.2, -0.15) is 0 Å². The number of hydrogen-bond donors (Lipinski definition) is 1. The number of pyridine rings is 1. The Hall–Kier alpha value is -2.62. The predicted molar refractivity (Wildman–Crippen MR) is 77.6 cm³/mol. The minimum Gasteiger partial charge on any atom is -0.399 e. The second kappa shape index (κ2) is 4.57. The van der Waals surface area contributed by atoms with E-state index in [1.165, 1.54) is 0 Å². The molecule has 2 heterocycles. The Morgan fingerprint density at radius 2 is 2.21 bits per heavy atom. The molecular formula is C15H14N4. The smallest absolute Gasteiger partial charge is 0.142 e. The molecule has 0 aliphatic rings. The van der Waals surface area contributed by atoms with E-state index in [-0.39, 0.29) is 0 Å².